The number of aliphatic hydroxyl groups is 1. The number of aliphatic hydroxyl groups excluding tert-OH is 1. The molecule has 31 heavy (non-hydrogen) atoms. The maximum Gasteiger partial charge on any atom is 0.277 e. The van der Waals surface area contributed by atoms with Gasteiger partial charge in [-0.3, -0.25) is 19.3 Å². The summed E-state index contributed by atoms with van der Waals surface area (Å²) in [6, 6.07) is 6.92. The number of anilines is 1. The molecule has 1 aromatic rings. The Morgan fingerprint density at radius 2 is 1.94 bits per heavy atom. The lowest BCUT2D eigenvalue weighted by Crippen LogP contribution is -2.41. The third kappa shape index (κ3) is 5.32. The first kappa shape index (κ1) is 23.0. The predicted octanol–water partition coefficient (Wildman–Crippen LogP) is 1.85. The molecule has 2 aliphatic heterocycles. The van der Waals surface area contributed by atoms with Crippen molar-refractivity contribution in [3.63, 3.8) is 0 Å². The SMILES string of the molecule is CC(=O)Nc1ccc(C2=C(N3CCCC(CO)C3)C(=O)N(CCOC(C)C)C2=O)cc1. The van der Waals surface area contributed by atoms with Gasteiger partial charge in [0, 0.05) is 32.3 Å². The van der Waals surface area contributed by atoms with Crippen molar-refractivity contribution in [2.45, 2.75) is 39.7 Å². The molecule has 2 aliphatic rings. The number of nitrogens with zero attached hydrogens (tertiary/aromatic N) is 2. The Hall–Kier alpha value is -2.71. The van der Waals surface area contributed by atoms with E-state index in [4.69, 9.17) is 4.74 Å². The summed E-state index contributed by atoms with van der Waals surface area (Å²) < 4.78 is 5.56. The zero-order chi connectivity index (χ0) is 22.5. The number of hydrogen-bond donors (Lipinski definition) is 2. The topological polar surface area (TPSA) is 99.2 Å². The number of imide groups is 1. The number of piperidine rings is 1. The van der Waals surface area contributed by atoms with Crippen molar-refractivity contribution < 1.29 is 24.2 Å². The van der Waals surface area contributed by atoms with Gasteiger partial charge in [-0.25, -0.2) is 0 Å². The summed E-state index contributed by atoms with van der Waals surface area (Å²) in [7, 11) is 0. The van der Waals surface area contributed by atoms with Crippen molar-refractivity contribution in [2.24, 2.45) is 5.92 Å². The highest BCUT2D eigenvalue weighted by atomic mass is 16.5. The Morgan fingerprint density at radius 3 is 2.55 bits per heavy atom. The summed E-state index contributed by atoms with van der Waals surface area (Å²) in [6.07, 6.45) is 1.75. The summed E-state index contributed by atoms with van der Waals surface area (Å²) in [5.41, 5.74) is 2.00. The largest absolute Gasteiger partial charge is 0.396 e. The second-order valence-corrected chi connectivity index (χ2v) is 8.30. The van der Waals surface area contributed by atoms with Crippen LogP contribution in [0.2, 0.25) is 0 Å². The molecule has 3 rings (SSSR count). The fourth-order valence-corrected chi connectivity index (χ4v) is 4.04. The Bertz CT molecular complexity index is 862. The van der Waals surface area contributed by atoms with E-state index in [1.807, 2.05) is 18.7 Å². The van der Waals surface area contributed by atoms with Crippen LogP contribution >= 0.6 is 0 Å². The molecular weight excluding hydrogens is 398 g/mol. The molecule has 0 radical (unpaired) electrons. The van der Waals surface area contributed by atoms with Gasteiger partial charge in [0.25, 0.3) is 11.8 Å². The summed E-state index contributed by atoms with van der Waals surface area (Å²) in [5.74, 6) is -0.770. The second-order valence-electron chi connectivity index (χ2n) is 8.30. The highest BCUT2D eigenvalue weighted by molar-refractivity contribution is 6.35. The molecule has 0 aliphatic carbocycles. The maximum atomic E-state index is 13.3. The third-order valence-corrected chi connectivity index (χ3v) is 5.50. The molecule has 168 valence electrons. The first-order chi connectivity index (χ1) is 14.8. The van der Waals surface area contributed by atoms with Gasteiger partial charge in [0.05, 0.1) is 24.8 Å². The minimum atomic E-state index is -0.342. The smallest absolute Gasteiger partial charge is 0.277 e. The number of nitrogens with one attached hydrogen (secondary N) is 1. The number of hydrogen-bond acceptors (Lipinski definition) is 6. The first-order valence-corrected chi connectivity index (χ1v) is 10.8. The van der Waals surface area contributed by atoms with Crippen molar-refractivity contribution in [3.8, 4) is 0 Å². The van der Waals surface area contributed by atoms with Crippen LogP contribution in [0.1, 0.15) is 39.2 Å². The van der Waals surface area contributed by atoms with Gasteiger partial charge in [-0.05, 0) is 50.3 Å². The lowest BCUT2D eigenvalue weighted by Gasteiger charge is -2.34. The molecule has 1 unspecified atom stereocenters. The summed E-state index contributed by atoms with van der Waals surface area (Å²) in [6.45, 7) is 6.95. The number of ether oxygens (including phenoxy) is 1. The average molecular weight is 430 g/mol. The van der Waals surface area contributed by atoms with Crippen LogP contribution in [0, 0.1) is 5.92 Å². The summed E-state index contributed by atoms with van der Waals surface area (Å²) in [5, 5.41) is 12.3. The fraction of sp³-hybridized carbons (Fsp3) is 0.522. The molecule has 2 heterocycles. The van der Waals surface area contributed by atoms with E-state index in [2.05, 4.69) is 5.32 Å². The first-order valence-electron chi connectivity index (χ1n) is 10.8. The van der Waals surface area contributed by atoms with Crippen molar-refractivity contribution in [3.05, 3.63) is 35.5 Å². The molecule has 8 heteroatoms. The van der Waals surface area contributed by atoms with Crippen LogP contribution < -0.4 is 5.32 Å². The average Bonchev–Trinajstić information content (AvgIpc) is 2.98. The molecule has 1 saturated heterocycles. The van der Waals surface area contributed by atoms with Crippen LogP contribution in [0.4, 0.5) is 5.69 Å². The van der Waals surface area contributed by atoms with Gasteiger partial charge >= 0.3 is 0 Å². The van der Waals surface area contributed by atoms with Crippen LogP contribution in [0.25, 0.3) is 5.57 Å². The molecule has 3 amide bonds. The van der Waals surface area contributed by atoms with E-state index < -0.39 is 0 Å². The van der Waals surface area contributed by atoms with E-state index in [1.54, 1.807) is 24.3 Å². The lowest BCUT2D eigenvalue weighted by molar-refractivity contribution is -0.138. The van der Waals surface area contributed by atoms with Gasteiger partial charge in [-0.15, -0.1) is 0 Å². The van der Waals surface area contributed by atoms with E-state index >= 15 is 0 Å². The van der Waals surface area contributed by atoms with Crippen LogP contribution in [-0.4, -0.2) is 71.6 Å². The molecule has 1 aromatic carbocycles. The number of carbonyl (C=O) groups excluding carboxylic acids is 3. The molecule has 8 nitrogen and oxygen atoms in total. The second kappa shape index (κ2) is 10.1. The Balaban J connectivity index is 1.94. The molecule has 0 aromatic heterocycles. The molecule has 0 spiro atoms. The fourth-order valence-electron chi connectivity index (χ4n) is 4.04. The number of rotatable bonds is 8. The van der Waals surface area contributed by atoms with E-state index in [1.165, 1.54) is 11.8 Å². The molecule has 2 N–H and O–H groups in total. The number of carbonyl (C=O) groups is 3. The Labute approximate surface area is 182 Å². The standard InChI is InChI=1S/C23H31N3O5/c1-15(2)31-12-11-26-22(29)20(18-6-8-19(9-7-18)24-16(3)28)21(23(26)30)25-10-4-5-17(13-25)14-27/h6-9,15,17,27H,4-5,10-14H2,1-3H3,(H,24,28). The molecule has 0 saturated carbocycles. The van der Waals surface area contributed by atoms with E-state index in [-0.39, 0.29) is 49.5 Å². The van der Waals surface area contributed by atoms with Gasteiger partial charge in [0.15, 0.2) is 0 Å². The van der Waals surface area contributed by atoms with E-state index in [0.717, 1.165) is 12.8 Å². The van der Waals surface area contributed by atoms with Gasteiger partial charge in [-0.1, -0.05) is 12.1 Å². The van der Waals surface area contributed by atoms with E-state index in [9.17, 15) is 19.5 Å². The minimum absolute atomic E-state index is 0.00781. The van der Waals surface area contributed by atoms with Crippen molar-refractivity contribution >= 4 is 29.0 Å². The van der Waals surface area contributed by atoms with E-state index in [0.29, 0.717) is 35.6 Å². The molecular formula is C23H31N3O5. The van der Waals surface area contributed by atoms with Crippen LogP contribution in [-0.2, 0) is 19.1 Å². The van der Waals surface area contributed by atoms with Crippen molar-refractivity contribution in [1.82, 2.24) is 9.80 Å². The Kier molecular flexibility index (Phi) is 7.46. The highest BCUT2D eigenvalue weighted by Gasteiger charge is 2.42. The quantitative estimate of drug-likeness (QED) is 0.612. The molecule has 0 bridgehead atoms. The molecule has 1 fully saturated rings. The van der Waals surface area contributed by atoms with Crippen molar-refractivity contribution in [1.29, 1.82) is 0 Å². The van der Waals surface area contributed by atoms with Crippen LogP contribution in [0.3, 0.4) is 0 Å². The Morgan fingerprint density at radius 1 is 1.23 bits per heavy atom. The maximum absolute atomic E-state index is 13.3. The summed E-state index contributed by atoms with van der Waals surface area (Å²) >= 11 is 0. The van der Waals surface area contributed by atoms with Gasteiger partial charge in [-0.2, -0.15) is 0 Å². The highest BCUT2D eigenvalue weighted by Crippen LogP contribution is 2.34. The minimum Gasteiger partial charge on any atom is -0.396 e. The molecule has 1 atom stereocenters. The van der Waals surface area contributed by atoms with Crippen LogP contribution in [0.5, 0.6) is 0 Å². The zero-order valence-electron chi connectivity index (χ0n) is 18.4. The normalized spacial score (nSPS) is 19.6. The number of benzene rings is 1. The number of likely N-dealkylation sites (tertiary alicyclic amines) is 1. The van der Waals surface area contributed by atoms with Gasteiger partial charge < -0.3 is 20.1 Å². The number of amides is 3. The lowest BCUT2D eigenvalue weighted by atomic mass is 9.97. The van der Waals surface area contributed by atoms with Crippen molar-refractivity contribution in [2.75, 3.05) is 38.2 Å². The third-order valence-electron chi connectivity index (χ3n) is 5.50. The summed E-state index contributed by atoms with van der Waals surface area (Å²) in [4.78, 5) is 41.1. The predicted molar refractivity (Wildman–Crippen MR) is 117 cm³/mol. The van der Waals surface area contributed by atoms with Gasteiger partial charge in [0.1, 0.15) is 5.70 Å². The van der Waals surface area contributed by atoms with Crippen LogP contribution in [0.15, 0.2) is 30.0 Å². The zero-order valence-corrected chi connectivity index (χ0v) is 18.4. The van der Waals surface area contributed by atoms with Gasteiger partial charge in [0.2, 0.25) is 5.91 Å². The monoisotopic (exact) mass is 429 g/mol.